The molecule has 0 spiro atoms. The van der Waals surface area contributed by atoms with E-state index in [9.17, 15) is 10.1 Å². The fourth-order valence-electron chi connectivity index (χ4n) is 5.06. The van der Waals surface area contributed by atoms with Gasteiger partial charge in [0.2, 0.25) is 0 Å². The molecule has 0 aliphatic heterocycles. The number of nitrogens with one attached hydrogen (secondary N) is 1. The monoisotopic (exact) mass is 473 g/mol. The Morgan fingerprint density at radius 3 is 2.49 bits per heavy atom. The van der Waals surface area contributed by atoms with Crippen molar-refractivity contribution >= 4 is 22.7 Å². The van der Waals surface area contributed by atoms with Crippen LogP contribution < -0.4 is 10.1 Å². The highest BCUT2D eigenvalue weighted by molar-refractivity contribution is 5.96. The fraction of sp³-hybridized carbons (Fsp3) is 0.429. The number of rotatable bonds is 8. The molecule has 2 fully saturated rings. The van der Waals surface area contributed by atoms with Crippen molar-refractivity contribution in [3.8, 4) is 23.1 Å². The molecular weight excluding hydrogens is 442 g/mol. The molecule has 182 valence electrons. The van der Waals surface area contributed by atoms with E-state index in [0.717, 1.165) is 66.4 Å². The highest BCUT2D eigenvalue weighted by atomic mass is 16.6. The molecule has 2 aliphatic carbocycles. The molecule has 0 saturated heterocycles. The first-order valence-corrected chi connectivity index (χ1v) is 12.5. The SMILES string of the molecule is COCCOc1ccc2c(C#N)c(-c3ccc(NC(=O)OC4CCCC4)cc3)n(C3CCC3)c2c1. The minimum absolute atomic E-state index is 0.0222. The van der Waals surface area contributed by atoms with Gasteiger partial charge in [-0.25, -0.2) is 4.79 Å². The van der Waals surface area contributed by atoms with Crippen molar-refractivity contribution in [1.82, 2.24) is 4.57 Å². The van der Waals surface area contributed by atoms with Gasteiger partial charge in [-0.1, -0.05) is 12.1 Å². The van der Waals surface area contributed by atoms with E-state index in [2.05, 4.69) is 16.0 Å². The maximum Gasteiger partial charge on any atom is 0.411 e. The molecule has 0 radical (unpaired) electrons. The third-order valence-electron chi connectivity index (χ3n) is 7.06. The van der Waals surface area contributed by atoms with Crippen molar-refractivity contribution in [2.24, 2.45) is 0 Å². The van der Waals surface area contributed by atoms with Crippen LogP contribution >= 0.6 is 0 Å². The number of carbonyl (C=O) groups excluding carboxylic acids is 1. The molecule has 1 amide bonds. The lowest BCUT2D eigenvalue weighted by Crippen LogP contribution is -2.20. The Hall–Kier alpha value is -3.50. The van der Waals surface area contributed by atoms with E-state index in [4.69, 9.17) is 14.2 Å². The molecule has 35 heavy (non-hydrogen) atoms. The van der Waals surface area contributed by atoms with Crippen LogP contribution in [0.2, 0.25) is 0 Å². The Morgan fingerprint density at radius 2 is 1.83 bits per heavy atom. The maximum atomic E-state index is 12.3. The van der Waals surface area contributed by atoms with Crippen LogP contribution in [0.4, 0.5) is 10.5 Å². The normalized spacial score (nSPS) is 16.1. The lowest BCUT2D eigenvalue weighted by molar-refractivity contribution is 0.114. The van der Waals surface area contributed by atoms with E-state index in [1.807, 2.05) is 42.5 Å². The smallest absolute Gasteiger partial charge is 0.411 e. The van der Waals surface area contributed by atoms with E-state index >= 15 is 0 Å². The van der Waals surface area contributed by atoms with Crippen LogP contribution in [0.3, 0.4) is 0 Å². The molecule has 5 rings (SSSR count). The Kier molecular flexibility index (Phi) is 6.91. The molecule has 0 unspecified atom stereocenters. The van der Waals surface area contributed by atoms with E-state index in [1.165, 1.54) is 6.42 Å². The zero-order valence-corrected chi connectivity index (χ0v) is 20.1. The van der Waals surface area contributed by atoms with Gasteiger partial charge in [-0.15, -0.1) is 0 Å². The number of methoxy groups -OCH3 is 1. The first-order valence-electron chi connectivity index (χ1n) is 12.5. The first kappa shape index (κ1) is 23.3. The summed E-state index contributed by atoms with van der Waals surface area (Å²) in [5, 5.41) is 13.9. The van der Waals surface area contributed by atoms with E-state index in [0.29, 0.717) is 30.5 Å². The minimum Gasteiger partial charge on any atom is -0.491 e. The Labute approximate surface area is 205 Å². The number of aromatic nitrogens is 1. The number of amides is 1. The van der Waals surface area contributed by atoms with Gasteiger partial charge in [0.15, 0.2) is 0 Å². The summed E-state index contributed by atoms with van der Waals surface area (Å²) in [7, 11) is 1.65. The summed E-state index contributed by atoms with van der Waals surface area (Å²) >= 11 is 0. The fourth-order valence-corrected chi connectivity index (χ4v) is 5.06. The standard InChI is InChI=1S/C28H31N3O4/c1-33-15-16-34-23-13-14-24-25(18-29)27(31(26(24)17-23)21-5-4-6-21)19-9-11-20(12-10-19)30-28(32)35-22-7-2-3-8-22/h9-14,17,21-22H,2-8,15-16H2,1H3,(H,30,32). The lowest BCUT2D eigenvalue weighted by Gasteiger charge is -2.30. The molecule has 1 heterocycles. The predicted molar refractivity (Wildman–Crippen MR) is 135 cm³/mol. The van der Waals surface area contributed by atoms with Gasteiger partial charge in [0.05, 0.1) is 23.4 Å². The number of anilines is 1. The topological polar surface area (TPSA) is 85.5 Å². The quantitative estimate of drug-likeness (QED) is 0.382. The number of hydrogen-bond donors (Lipinski definition) is 1. The van der Waals surface area contributed by atoms with Crippen LogP contribution in [0.25, 0.3) is 22.2 Å². The van der Waals surface area contributed by atoms with Gasteiger partial charge < -0.3 is 18.8 Å². The number of ether oxygens (including phenoxy) is 3. The second-order valence-electron chi connectivity index (χ2n) is 9.32. The van der Waals surface area contributed by atoms with Gasteiger partial charge in [0, 0.05) is 30.3 Å². The molecule has 1 N–H and O–H groups in total. The summed E-state index contributed by atoms with van der Waals surface area (Å²) in [5.41, 5.74) is 4.22. The summed E-state index contributed by atoms with van der Waals surface area (Å²) in [6.07, 6.45) is 7.07. The summed E-state index contributed by atoms with van der Waals surface area (Å²) in [5.74, 6) is 0.768. The highest BCUT2D eigenvalue weighted by Gasteiger charge is 2.28. The Bertz CT molecular complexity index is 1230. The minimum atomic E-state index is -0.410. The van der Waals surface area contributed by atoms with Gasteiger partial charge in [-0.3, -0.25) is 5.32 Å². The molecule has 0 atom stereocenters. The molecule has 0 bridgehead atoms. The van der Waals surface area contributed by atoms with Crippen molar-refractivity contribution in [3.63, 3.8) is 0 Å². The van der Waals surface area contributed by atoms with Crippen LogP contribution in [0.1, 0.15) is 56.6 Å². The van der Waals surface area contributed by atoms with Gasteiger partial charge in [0.25, 0.3) is 0 Å². The summed E-state index contributed by atoms with van der Waals surface area (Å²) in [6.45, 7) is 0.993. The third kappa shape index (κ3) is 4.85. The molecule has 2 aromatic carbocycles. The number of nitrogens with zero attached hydrogens (tertiary/aromatic N) is 2. The summed E-state index contributed by atoms with van der Waals surface area (Å²) in [6, 6.07) is 16.4. The van der Waals surface area contributed by atoms with Crippen molar-refractivity contribution in [2.45, 2.75) is 57.1 Å². The van der Waals surface area contributed by atoms with Crippen LogP contribution in [0.15, 0.2) is 42.5 Å². The van der Waals surface area contributed by atoms with Gasteiger partial charge >= 0.3 is 6.09 Å². The van der Waals surface area contributed by atoms with Crippen molar-refractivity contribution in [2.75, 3.05) is 25.6 Å². The third-order valence-corrected chi connectivity index (χ3v) is 7.06. The molecule has 2 aliphatic rings. The van der Waals surface area contributed by atoms with E-state index in [-0.39, 0.29) is 6.10 Å². The molecule has 7 nitrogen and oxygen atoms in total. The molecular formula is C28H31N3O4. The van der Waals surface area contributed by atoms with Crippen LogP contribution in [0, 0.1) is 11.3 Å². The van der Waals surface area contributed by atoms with Crippen LogP contribution in [-0.2, 0) is 9.47 Å². The van der Waals surface area contributed by atoms with Gasteiger partial charge in [0.1, 0.15) is 24.5 Å². The molecule has 7 heteroatoms. The van der Waals surface area contributed by atoms with Crippen molar-refractivity contribution in [1.29, 1.82) is 5.26 Å². The number of carbonyl (C=O) groups is 1. The summed E-state index contributed by atoms with van der Waals surface area (Å²) in [4.78, 5) is 12.3. The zero-order valence-electron chi connectivity index (χ0n) is 20.1. The summed E-state index contributed by atoms with van der Waals surface area (Å²) < 4.78 is 18.8. The van der Waals surface area contributed by atoms with E-state index < -0.39 is 6.09 Å². The molecule has 1 aromatic heterocycles. The number of hydrogen-bond acceptors (Lipinski definition) is 5. The maximum absolute atomic E-state index is 12.3. The second-order valence-corrected chi connectivity index (χ2v) is 9.32. The van der Waals surface area contributed by atoms with Crippen LogP contribution in [0.5, 0.6) is 5.75 Å². The van der Waals surface area contributed by atoms with E-state index in [1.54, 1.807) is 7.11 Å². The zero-order chi connectivity index (χ0) is 24.2. The lowest BCUT2D eigenvalue weighted by atomic mass is 9.92. The predicted octanol–water partition coefficient (Wildman–Crippen LogP) is 6.42. The Balaban J connectivity index is 1.45. The second kappa shape index (κ2) is 10.4. The van der Waals surface area contributed by atoms with Gasteiger partial charge in [-0.05, 0) is 74.8 Å². The highest BCUT2D eigenvalue weighted by Crippen LogP contribution is 2.43. The Morgan fingerprint density at radius 1 is 1.06 bits per heavy atom. The number of fused-ring (bicyclic) bond motifs is 1. The van der Waals surface area contributed by atoms with Gasteiger partial charge in [-0.2, -0.15) is 5.26 Å². The van der Waals surface area contributed by atoms with Crippen molar-refractivity contribution in [3.05, 3.63) is 48.0 Å². The largest absolute Gasteiger partial charge is 0.491 e. The number of benzene rings is 2. The average Bonchev–Trinajstić information content (AvgIpc) is 3.44. The molecule has 3 aromatic rings. The number of nitriles is 1. The van der Waals surface area contributed by atoms with Crippen LogP contribution in [-0.4, -0.2) is 37.1 Å². The first-order chi connectivity index (χ1) is 17.2. The molecule has 2 saturated carbocycles. The average molecular weight is 474 g/mol. The van der Waals surface area contributed by atoms with Crippen molar-refractivity contribution < 1.29 is 19.0 Å².